The van der Waals surface area contributed by atoms with Crippen LogP contribution in [0.1, 0.15) is 0 Å². The van der Waals surface area contributed by atoms with Crippen molar-refractivity contribution < 1.29 is 47.9 Å². The van der Waals surface area contributed by atoms with E-state index in [1.165, 1.54) is 0 Å². The first-order valence-corrected chi connectivity index (χ1v) is 12.2. The van der Waals surface area contributed by atoms with Gasteiger partial charge in [0.25, 0.3) is 0 Å². The summed E-state index contributed by atoms with van der Waals surface area (Å²) >= 11 is -6.75. The molecule has 9 nitrogen and oxygen atoms in total. The van der Waals surface area contributed by atoms with Crippen LogP contribution in [0.5, 0.6) is 0 Å². The van der Waals surface area contributed by atoms with Crippen molar-refractivity contribution in [2.75, 3.05) is 0 Å². The van der Waals surface area contributed by atoms with Gasteiger partial charge < -0.3 is 0 Å². The van der Waals surface area contributed by atoms with E-state index in [-0.39, 0.29) is 12.1 Å². The van der Waals surface area contributed by atoms with Crippen molar-refractivity contribution in [1.29, 1.82) is 0 Å². The Morgan fingerprint density at radius 1 is 0.806 bits per heavy atom. The Bertz CT molecular complexity index is 1170. The molecule has 31 heavy (non-hydrogen) atoms. The van der Waals surface area contributed by atoms with E-state index >= 15 is 0 Å². The molecule has 0 aromatic heterocycles. The van der Waals surface area contributed by atoms with Crippen LogP contribution < -0.4 is 8.92 Å². The van der Waals surface area contributed by atoms with Crippen molar-refractivity contribution >= 4 is 43.6 Å². The van der Waals surface area contributed by atoms with Gasteiger partial charge in [0.15, 0.2) is 0 Å². The minimum atomic E-state index is -6.86. The third-order valence-electron chi connectivity index (χ3n) is 4.06. The predicted octanol–water partition coefficient (Wildman–Crippen LogP) is 2.51. The first-order chi connectivity index (χ1) is 14.0. The van der Waals surface area contributed by atoms with Gasteiger partial charge in [-0.2, -0.15) is 0 Å². The average Bonchev–Trinajstić information content (AvgIpc) is 2.90. The Balaban J connectivity index is 2.49. The van der Waals surface area contributed by atoms with Gasteiger partial charge in [-0.15, -0.1) is 0 Å². The van der Waals surface area contributed by atoms with E-state index in [1.54, 1.807) is 0 Å². The van der Waals surface area contributed by atoms with E-state index < -0.39 is 75.1 Å². The molecule has 0 unspecified atom stereocenters. The molecule has 0 saturated heterocycles. The SMILES string of the molecule is O=[N+]([O-])c1ccc2c(c1)[Se](OS(=O)(=O)C(F)(F)F)(C(F)(F)F)c1cc([N+](=O)[O-])ccc1-2. The number of non-ortho nitro benzene ring substituents is 2. The van der Waals surface area contributed by atoms with Gasteiger partial charge in [0.1, 0.15) is 0 Å². The molecule has 0 bridgehead atoms. The summed E-state index contributed by atoms with van der Waals surface area (Å²) in [6, 6.07) is 3.64. The van der Waals surface area contributed by atoms with Crippen LogP contribution in [0, 0.1) is 20.2 Å². The molecule has 2 aromatic rings. The molecule has 2 aromatic carbocycles. The third kappa shape index (κ3) is 3.42. The fourth-order valence-corrected chi connectivity index (χ4v) is 11.8. The number of nitro groups is 2. The van der Waals surface area contributed by atoms with Gasteiger partial charge in [-0.25, -0.2) is 0 Å². The van der Waals surface area contributed by atoms with Crippen molar-refractivity contribution in [2.24, 2.45) is 0 Å². The first kappa shape index (κ1) is 22.9. The molecule has 0 aliphatic carbocycles. The minimum absolute atomic E-state index is 0.278. The molecular weight excluding hydrogens is 533 g/mol. The van der Waals surface area contributed by atoms with Gasteiger partial charge in [-0.1, -0.05) is 0 Å². The van der Waals surface area contributed by atoms with E-state index in [0.29, 0.717) is 0 Å². The molecule has 17 heteroatoms. The van der Waals surface area contributed by atoms with Gasteiger partial charge >= 0.3 is 170 Å². The number of fused-ring (bicyclic) bond motifs is 3. The van der Waals surface area contributed by atoms with E-state index in [4.69, 9.17) is 0 Å². The van der Waals surface area contributed by atoms with Gasteiger partial charge in [-0.3, -0.25) is 0 Å². The van der Waals surface area contributed by atoms with Crippen LogP contribution in [0.2, 0.25) is 0 Å². The number of hydrogen-bond donors (Lipinski definition) is 0. The average molecular weight is 539 g/mol. The van der Waals surface area contributed by atoms with Crippen LogP contribution in [0.4, 0.5) is 37.7 Å². The Kier molecular flexibility index (Phi) is 5.09. The number of alkyl halides is 6. The fraction of sp³-hybridized carbons (Fsp3) is 0.143. The Labute approximate surface area is 170 Å². The van der Waals surface area contributed by atoms with Gasteiger partial charge in [0.2, 0.25) is 0 Å². The first-order valence-electron chi connectivity index (χ1n) is 7.52. The van der Waals surface area contributed by atoms with Crippen molar-refractivity contribution in [3.63, 3.8) is 0 Å². The monoisotopic (exact) mass is 540 g/mol. The second-order valence-corrected chi connectivity index (χ2v) is 13.4. The van der Waals surface area contributed by atoms with Gasteiger partial charge in [0.05, 0.1) is 0 Å². The Morgan fingerprint density at radius 3 is 1.48 bits per heavy atom. The van der Waals surface area contributed by atoms with Crippen LogP contribution in [-0.2, 0) is 13.4 Å². The van der Waals surface area contributed by atoms with Crippen LogP contribution >= 0.6 is 0 Å². The zero-order valence-electron chi connectivity index (χ0n) is 14.3. The molecule has 3 rings (SSSR count). The number of benzene rings is 2. The van der Waals surface area contributed by atoms with Gasteiger partial charge in [-0.05, 0) is 0 Å². The molecule has 0 radical (unpaired) electrons. The number of nitrogens with zero attached hydrogens (tertiary/aromatic N) is 2. The van der Waals surface area contributed by atoms with Crippen LogP contribution in [0.3, 0.4) is 0 Å². The zero-order chi connectivity index (χ0) is 23.6. The topological polar surface area (TPSA) is 130 Å². The molecule has 1 aliphatic rings. The van der Waals surface area contributed by atoms with Crippen LogP contribution in [0.15, 0.2) is 36.4 Å². The summed E-state index contributed by atoms with van der Waals surface area (Å²) in [4.78, 5) is 19.8. The summed E-state index contributed by atoms with van der Waals surface area (Å²) in [6.45, 7) is 0. The molecule has 0 amide bonds. The van der Waals surface area contributed by atoms with Crippen LogP contribution in [-0.4, -0.2) is 42.0 Å². The molecule has 1 heterocycles. The summed E-state index contributed by atoms with van der Waals surface area (Å²) in [5, 5.41) is 16.3. The fourth-order valence-electron chi connectivity index (χ4n) is 2.82. The second kappa shape index (κ2) is 6.88. The summed E-state index contributed by atoms with van der Waals surface area (Å²) in [6.07, 6.45) is 0. The number of nitro benzene ring substituents is 2. The predicted molar refractivity (Wildman–Crippen MR) is 92.3 cm³/mol. The zero-order valence-corrected chi connectivity index (χ0v) is 16.8. The second-order valence-electron chi connectivity index (χ2n) is 5.84. The maximum atomic E-state index is 14.3. The van der Waals surface area contributed by atoms with Crippen LogP contribution in [0.25, 0.3) is 11.1 Å². The standard InChI is InChI=1S/C14H6F6N2O7SSe/c15-13(16,17)30(27,28)29-31(14(18,19)20)11-5-7(21(23)24)1-3-9(11)10-4-2-8(22(25)26)6-12(10)31/h1-6H. The van der Waals surface area contributed by atoms with E-state index in [1.807, 2.05) is 0 Å². The number of hydrogen-bond acceptors (Lipinski definition) is 7. The third-order valence-corrected chi connectivity index (χ3v) is 12.8. The molecular formula is C14H6F6N2O7SSe. The molecule has 1 aliphatic heterocycles. The molecule has 0 fully saturated rings. The van der Waals surface area contributed by atoms with Crippen molar-refractivity contribution in [3.8, 4) is 11.1 Å². The Hall–Kier alpha value is -2.75. The molecule has 0 N–H and O–H groups in total. The van der Waals surface area contributed by atoms with Crippen molar-refractivity contribution in [3.05, 3.63) is 56.6 Å². The Morgan fingerprint density at radius 2 is 1.19 bits per heavy atom. The summed E-state index contributed by atoms with van der Waals surface area (Å²) in [7, 11) is -6.86. The van der Waals surface area contributed by atoms with Gasteiger partial charge in [0, 0.05) is 0 Å². The van der Waals surface area contributed by atoms with E-state index in [9.17, 15) is 55.0 Å². The number of rotatable bonds is 4. The molecule has 0 atom stereocenters. The number of halogens is 6. The van der Waals surface area contributed by atoms with Crippen molar-refractivity contribution in [1.82, 2.24) is 0 Å². The summed E-state index contributed by atoms with van der Waals surface area (Å²) < 4.78 is 107. The van der Waals surface area contributed by atoms with E-state index in [0.717, 1.165) is 24.3 Å². The quantitative estimate of drug-likeness (QED) is 0.192. The van der Waals surface area contributed by atoms with Crippen molar-refractivity contribution in [2.45, 2.75) is 10.6 Å². The maximum absolute atomic E-state index is 14.3. The summed E-state index contributed by atoms with van der Waals surface area (Å²) in [5.41, 5.74) is -9.16. The summed E-state index contributed by atoms with van der Waals surface area (Å²) in [5.74, 6) is 0. The molecule has 168 valence electrons. The van der Waals surface area contributed by atoms with E-state index in [2.05, 4.69) is 3.27 Å². The normalized spacial score (nSPS) is 16.3. The molecule has 0 saturated carbocycles. The molecule has 0 spiro atoms.